The van der Waals surface area contributed by atoms with E-state index in [1.54, 1.807) is 6.92 Å². The number of piperazine rings is 1. The van der Waals surface area contributed by atoms with Crippen LogP contribution in [-0.4, -0.2) is 38.1 Å². The Morgan fingerprint density at radius 2 is 1.92 bits per heavy atom. The van der Waals surface area contributed by atoms with Crippen molar-refractivity contribution in [1.82, 2.24) is 5.32 Å². The van der Waals surface area contributed by atoms with Crippen molar-refractivity contribution in [2.24, 2.45) is 0 Å². The molecule has 132 valence electrons. The van der Waals surface area contributed by atoms with Gasteiger partial charge in [0, 0.05) is 44.2 Å². The maximum Gasteiger partial charge on any atom is 0.134 e. The van der Waals surface area contributed by atoms with Gasteiger partial charge in [0.15, 0.2) is 0 Å². The lowest BCUT2D eigenvalue weighted by molar-refractivity contribution is -0.116. The van der Waals surface area contributed by atoms with Gasteiger partial charge in [-0.05, 0) is 36.8 Å². The number of ether oxygens (including phenoxy) is 1. The number of nitrogens with one attached hydrogen (secondary N) is 1. The minimum absolute atomic E-state index is 0.180. The molecular weight excluding hydrogens is 312 g/mol. The molecule has 1 aliphatic heterocycles. The summed E-state index contributed by atoms with van der Waals surface area (Å²) in [6.45, 7) is 5.32. The summed E-state index contributed by atoms with van der Waals surface area (Å²) in [7, 11) is 0. The van der Waals surface area contributed by atoms with E-state index < -0.39 is 0 Å². The summed E-state index contributed by atoms with van der Waals surface area (Å²) < 4.78 is 5.91. The zero-order valence-electron chi connectivity index (χ0n) is 14.8. The van der Waals surface area contributed by atoms with Gasteiger partial charge >= 0.3 is 0 Å². The highest BCUT2D eigenvalue weighted by Gasteiger charge is 2.22. The molecule has 0 radical (unpaired) electrons. The maximum atomic E-state index is 11.2. The van der Waals surface area contributed by atoms with Gasteiger partial charge in [0.2, 0.25) is 0 Å². The molecule has 25 heavy (non-hydrogen) atoms. The monoisotopic (exact) mass is 338 g/mol. The normalized spacial score (nSPS) is 17.3. The molecule has 0 bridgehead atoms. The van der Waals surface area contributed by atoms with Crippen LogP contribution in [0.1, 0.15) is 18.9 Å². The molecule has 0 amide bonds. The lowest BCUT2D eigenvalue weighted by atomic mass is 10.1. The average Bonchev–Trinajstić information content (AvgIpc) is 2.64. The summed E-state index contributed by atoms with van der Waals surface area (Å²) in [6, 6.07) is 18.9. The fraction of sp³-hybridized carbons (Fsp3) is 0.381. The third-order valence-corrected chi connectivity index (χ3v) is 4.53. The van der Waals surface area contributed by atoms with Crippen LogP contribution in [0.15, 0.2) is 54.6 Å². The summed E-state index contributed by atoms with van der Waals surface area (Å²) in [5.41, 5.74) is 2.31. The van der Waals surface area contributed by atoms with Crippen molar-refractivity contribution < 1.29 is 9.53 Å². The minimum Gasteiger partial charge on any atom is -0.494 e. The van der Waals surface area contributed by atoms with E-state index in [4.69, 9.17) is 4.74 Å². The van der Waals surface area contributed by atoms with E-state index in [2.05, 4.69) is 40.5 Å². The standard InChI is InChI=1S/C21H26N2O2/c1-17(24)15-18-7-9-21(10-8-18)25-14-11-20-16-22-12-13-23(20)19-5-3-2-4-6-19/h2-10,20,22H,11-16H2,1H3. The number of para-hydroxylation sites is 1. The highest BCUT2D eigenvalue weighted by Crippen LogP contribution is 2.20. The first kappa shape index (κ1) is 17.5. The van der Waals surface area contributed by atoms with Crippen LogP contribution in [-0.2, 0) is 11.2 Å². The summed E-state index contributed by atoms with van der Waals surface area (Å²) >= 11 is 0. The summed E-state index contributed by atoms with van der Waals surface area (Å²) in [4.78, 5) is 13.6. The largest absolute Gasteiger partial charge is 0.494 e. The molecule has 0 saturated carbocycles. The number of hydrogen-bond donors (Lipinski definition) is 1. The number of hydrogen-bond acceptors (Lipinski definition) is 4. The summed E-state index contributed by atoms with van der Waals surface area (Å²) in [6.07, 6.45) is 1.46. The molecule has 1 fully saturated rings. The molecule has 1 heterocycles. The molecule has 0 spiro atoms. The van der Waals surface area contributed by atoms with Crippen LogP contribution < -0.4 is 15.0 Å². The van der Waals surface area contributed by atoms with Gasteiger partial charge in [-0.2, -0.15) is 0 Å². The molecule has 1 aliphatic rings. The quantitative estimate of drug-likeness (QED) is 0.842. The van der Waals surface area contributed by atoms with Crippen LogP contribution in [0.4, 0.5) is 5.69 Å². The SMILES string of the molecule is CC(=O)Cc1ccc(OCCC2CNCCN2c2ccccc2)cc1. The molecule has 1 atom stereocenters. The van der Waals surface area contributed by atoms with Gasteiger partial charge in [-0.25, -0.2) is 0 Å². The van der Waals surface area contributed by atoms with Crippen molar-refractivity contribution >= 4 is 11.5 Å². The minimum atomic E-state index is 0.180. The summed E-state index contributed by atoms with van der Waals surface area (Å²) in [5, 5.41) is 3.48. The predicted octanol–water partition coefficient (Wildman–Crippen LogP) is 3.07. The molecule has 1 N–H and O–H groups in total. The first-order valence-electron chi connectivity index (χ1n) is 8.96. The molecule has 2 aromatic rings. The zero-order valence-corrected chi connectivity index (χ0v) is 14.8. The van der Waals surface area contributed by atoms with Crippen LogP contribution in [0.5, 0.6) is 5.75 Å². The summed E-state index contributed by atoms with van der Waals surface area (Å²) in [5.74, 6) is 1.04. The van der Waals surface area contributed by atoms with E-state index >= 15 is 0 Å². The highest BCUT2D eigenvalue weighted by atomic mass is 16.5. The fourth-order valence-corrected chi connectivity index (χ4v) is 3.28. The first-order chi connectivity index (χ1) is 12.2. The Balaban J connectivity index is 1.52. The molecule has 4 heteroatoms. The lowest BCUT2D eigenvalue weighted by Gasteiger charge is -2.38. The Labute approximate surface area is 149 Å². The van der Waals surface area contributed by atoms with Crippen molar-refractivity contribution in [3.63, 3.8) is 0 Å². The van der Waals surface area contributed by atoms with E-state index in [0.29, 0.717) is 19.1 Å². The van der Waals surface area contributed by atoms with Crippen molar-refractivity contribution in [3.05, 3.63) is 60.2 Å². The smallest absolute Gasteiger partial charge is 0.134 e. The molecule has 0 aromatic heterocycles. The Hall–Kier alpha value is -2.33. The average molecular weight is 338 g/mol. The van der Waals surface area contributed by atoms with Gasteiger partial charge in [0.25, 0.3) is 0 Å². The zero-order chi connectivity index (χ0) is 17.5. The highest BCUT2D eigenvalue weighted by molar-refractivity contribution is 5.78. The van der Waals surface area contributed by atoms with Gasteiger partial charge < -0.3 is 15.0 Å². The van der Waals surface area contributed by atoms with Crippen molar-refractivity contribution in [1.29, 1.82) is 0 Å². The number of carbonyl (C=O) groups excluding carboxylic acids is 1. The van der Waals surface area contributed by atoms with Crippen LogP contribution >= 0.6 is 0 Å². The van der Waals surface area contributed by atoms with Crippen molar-refractivity contribution in [2.45, 2.75) is 25.8 Å². The molecule has 4 nitrogen and oxygen atoms in total. The number of rotatable bonds is 7. The Morgan fingerprint density at radius 1 is 1.16 bits per heavy atom. The van der Waals surface area contributed by atoms with E-state index in [1.165, 1.54) is 5.69 Å². The molecule has 2 aromatic carbocycles. The second kappa shape index (κ2) is 8.67. The fourth-order valence-electron chi connectivity index (χ4n) is 3.28. The van der Waals surface area contributed by atoms with E-state index in [1.807, 2.05) is 24.3 Å². The van der Waals surface area contributed by atoms with Gasteiger partial charge in [-0.3, -0.25) is 4.79 Å². The second-order valence-corrected chi connectivity index (χ2v) is 6.55. The molecule has 1 unspecified atom stereocenters. The third-order valence-electron chi connectivity index (χ3n) is 4.53. The van der Waals surface area contributed by atoms with Crippen molar-refractivity contribution in [2.75, 3.05) is 31.1 Å². The molecule has 3 rings (SSSR count). The Morgan fingerprint density at radius 3 is 2.64 bits per heavy atom. The topological polar surface area (TPSA) is 41.6 Å². The molecule has 1 saturated heterocycles. The molecular formula is C21H26N2O2. The van der Waals surface area contributed by atoms with Gasteiger partial charge in [0.05, 0.1) is 6.61 Å². The van der Waals surface area contributed by atoms with Crippen LogP contribution in [0.25, 0.3) is 0 Å². The number of carbonyl (C=O) groups is 1. The van der Waals surface area contributed by atoms with E-state index in [9.17, 15) is 4.79 Å². The van der Waals surface area contributed by atoms with Crippen LogP contribution in [0, 0.1) is 0 Å². The van der Waals surface area contributed by atoms with Crippen LogP contribution in [0.2, 0.25) is 0 Å². The van der Waals surface area contributed by atoms with Crippen LogP contribution in [0.3, 0.4) is 0 Å². The first-order valence-corrected chi connectivity index (χ1v) is 8.96. The number of anilines is 1. The number of benzene rings is 2. The number of ketones is 1. The van der Waals surface area contributed by atoms with Gasteiger partial charge in [0.1, 0.15) is 11.5 Å². The number of Topliss-reactive ketones (excluding diaryl/α,β-unsaturated/α-hetero) is 1. The maximum absolute atomic E-state index is 11.2. The predicted molar refractivity (Wildman–Crippen MR) is 101 cm³/mol. The second-order valence-electron chi connectivity index (χ2n) is 6.55. The van der Waals surface area contributed by atoms with Crippen molar-refractivity contribution in [3.8, 4) is 5.75 Å². The lowest BCUT2D eigenvalue weighted by Crippen LogP contribution is -2.52. The van der Waals surface area contributed by atoms with Gasteiger partial charge in [-0.1, -0.05) is 30.3 Å². The molecule has 0 aliphatic carbocycles. The van der Waals surface area contributed by atoms with E-state index in [0.717, 1.165) is 37.4 Å². The Kier molecular flexibility index (Phi) is 6.07. The number of nitrogens with zero attached hydrogens (tertiary/aromatic N) is 1. The van der Waals surface area contributed by atoms with Gasteiger partial charge in [-0.15, -0.1) is 0 Å². The Bertz CT molecular complexity index is 670. The third kappa shape index (κ3) is 5.07. The van der Waals surface area contributed by atoms with E-state index in [-0.39, 0.29) is 5.78 Å².